The standard InChI is InChI=1S/C53H69N13O9/c1-29(2)20-41(46(56)68)63-52(74)42(21-30(3)4)65-53(75)44(25-36-27-57-28-59-36)64-48(70)33-14-11-15-35(23-33)61-47(69)31(5)60-51(73)43(24-34-26-58-39-17-10-9-16-37(34)39)66-50(72)40(18-19-45(55)67)62-49(71)38(54)22-32-12-7-6-8-13-32/h6-17,23,26-31,38,40-44,58H,18-22,24-25,54H2,1-5H3,(H2,55,67)(H2,56,68)(H,57,59)(H,60,73)(H,61,69)(H,62,71)(H,63,74)(H,64,70)(H,65,75)(H,66,72)/t31-,38-,40-,41-,42-,43-,44-/m0/s1. The second-order valence-electron chi connectivity index (χ2n) is 19.4. The number of nitrogens with zero attached hydrogens (tertiary/aromatic N) is 1. The molecule has 2 heterocycles. The summed E-state index contributed by atoms with van der Waals surface area (Å²) in [7, 11) is 0. The van der Waals surface area contributed by atoms with Crippen LogP contribution in [0.3, 0.4) is 0 Å². The third-order valence-corrected chi connectivity index (χ3v) is 12.1. The lowest BCUT2D eigenvalue weighted by Gasteiger charge is -2.26. The Morgan fingerprint density at radius 2 is 1.19 bits per heavy atom. The van der Waals surface area contributed by atoms with Crippen LogP contribution >= 0.6 is 0 Å². The van der Waals surface area contributed by atoms with Gasteiger partial charge in [-0.05, 0) is 79.8 Å². The number of primary amides is 2. The number of aromatic amines is 2. The molecule has 0 aliphatic rings. The van der Waals surface area contributed by atoms with Gasteiger partial charge < -0.3 is 64.4 Å². The molecule has 0 aliphatic carbocycles. The maximum Gasteiger partial charge on any atom is 0.252 e. The van der Waals surface area contributed by atoms with Gasteiger partial charge in [0.25, 0.3) is 5.91 Å². The predicted octanol–water partition coefficient (Wildman–Crippen LogP) is 1.27. The lowest BCUT2D eigenvalue weighted by atomic mass is 9.99. The Kier molecular flexibility index (Phi) is 21.2. The van der Waals surface area contributed by atoms with E-state index >= 15 is 0 Å². The topological polar surface area (TPSA) is 360 Å². The molecule has 0 bridgehead atoms. The van der Waals surface area contributed by atoms with E-state index in [4.69, 9.17) is 17.2 Å². The molecule has 400 valence electrons. The lowest BCUT2D eigenvalue weighted by Crippen LogP contribution is -2.57. The quantitative estimate of drug-likeness (QED) is 0.0339. The van der Waals surface area contributed by atoms with Crippen LogP contribution in [0, 0.1) is 11.8 Å². The number of carbonyl (C=O) groups excluding carboxylic acids is 9. The van der Waals surface area contributed by atoms with E-state index in [0.717, 1.165) is 16.5 Å². The number of anilines is 1. The van der Waals surface area contributed by atoms with Crippen LogP contribution in [0.15, 0.2) is 97.6 Å². The molecule has 0 unspecified atom stereocenters. The van der Waals surface area contributed by atoms with E-state index in [-0.39, 0.29) is 61.6 Å². The normalized spacial score (nSPS) is 14.0. The number of amides is 9. The third-order valence-electron chi connectivity index (χ3n) is 12.1. The molecule has 3 aromatic carbocycles. The molecule has 5 rings (SSSR count). The number of hydrogen-bond donors (Lipinski definition) is 12. The SMILES string of the molecule is CC(C)C[C@H](NC(=O)[C@H](CC(C)C)NC(=O)[C@H](Cc1cnc[nH]1)NC(=O)c1cccc(NC(=O)[C@H](C)NC(=O)[C@H](Cc2c[nH]c3ccccc23)NC(=O)[C@H](CCC(N)=O)NC(=O)[C@@H](N)Cc2ccccc2)c1)C(N)=O. The molecule has 0 spiro atoms. The monoisotopic (exact) mass is 1030 g/mol. The number of carbonyl (C=O) groups is 9. The predicted molar refractivity (Wildman–Crippen MR) is 281 cm³/mol. The highest BCUT2D eigenvalue weighted by molar-refractivity contribution is 6.02. The van der Waals surface area contributed by atoms with E-state index in [1.807, 2.05) is 58.0 Å². The van der Waals surface area contributed by atoms with Crippen LogP contribution in [0.1, 0.15) is 87.5 Å². The van der Waals surface area contributed by atoms with Crippen LogP contribution in [0.5, 0.6) is 0 Å². The first-order valence-corrected chi connectivity index (χ1v) is 24.8. The van der Waals surface area contributed by atoms with Gasteiger partial charge in [-0.25, -0.2) is 4.98 Å². The van der Waals surface area contributed by atoms with Crippen LogP contribution in [0.4, 0.5) is 5.69 Å². The number of nitrogens with one attached hydrogen (secondary N) is 9. The molecular weight excluding hydrogens is 963 g/mol. The number of fused-ring (bicyclic) bond motifs is 1. The van der Waals surface area contributed by atoms with Gasteiger partial charge in [-0.2, -0.15) is 0 Å². The summed E-state index contributed by atoms with van der Waals surface area (Å²) in [5, 5.41) is 19.6. The molecule has 22 heteroatoms. The summed E-state index contributed by atoms with van der Waals surface area (Å²) in [4.78, 5) is 131. The van der Waals surface area contributed by atoms with Gasteiger partial charge in [-0.15, -0.1) is 0 Å². The number of para-hydroxylation sites is 1. The second kappa shape index (κ2) is 27.6. The van der Waals surface area contributed by atoms with Crippen molar-refractivity contribution < 1.29 is 43.2 Å². The molecule has 7 atom stereocenters. The van der Waals surface area contributed by atoms with E-state index < -0.39 is 95.5 Å². The highest BCUT2D eigenvalue weighted by Gasteiger charge is 2.33. The van der Waals surface area contributed by atoms with Crippen molar-refractivity contribution in [3.8, 4) is 0 Å². The fourth-order valence-electron chi connectivity index (χ4n) is 8.20. The Morgan fingerprint density at radius 1 is 0.587 bits per heavy atom. The fraction of sp³-hybridized carbons (Fsp3) is 0.396. The summed E-state index contributed by atoms with van der Waals surface area (Å²) in [6.45, 7) is 8.90. The number of imidazole rings is 1. The van der Waals surface area contributed by atoms with E-state index in [9.17, 15) is 43.2 Å². The summed E-state index contributed by atoms with van der Waals surface area (Å²) in [5.74, 6) is -6.40. The van der Waals surface area contributed by atoms with Crippen LogP contribution in [0.25, 0.3) is 10.9 Å². The highest BCUT2D eigenvalue weighted by atomic mass is 16.2. The Labute approximate surface area is 434 Å². The third kappa shape index (κ3) is 17.9. The summed E-state index contributed by atoms with van der Waals surface area (Å²) in [6.07, 6.45) is 4.67. The molecule has 5 aromatic rings. The van der Waals surface area contributed by atoms with Crippen molar-refractivity contribution in [2.45, 2.75) is 122 Å². The largest absolute Gasteiger partial charge is 0.370 e. The summed E-state index contributed by atoms with van der Waals surface area (Å²) in [5.41, 5.74) is 20.1. The Morgan fingerprint density at radius 3 is 1.85 bits per heavy atom. The first kappa shape index (κ1) is 57.5. The molecule has 2 aromatic heterocycles. The van der Waals surface area contributed by atoms with Crippen molar-refractivity contribution in [2.24, 2.45) is 29.0 Å². The van der Waals surface area contributed by atoms with Crippen molar-refractivity contribution in [2.75, 3.05) is 5.32 Å². The molecule has 0 aliphatic heterocycles. The van der Waals surface area contributed by atoms with Crippen molar-refractivity contribution in [1.82, 2.24) is 46.9 Å². The summed E-state index contributed by atoms with van der Waals surface area (Å²) >= 11 is 0. The Bertz CT molecular complexity index is 2780. The van der Waals surface area contributed by atoms with Crippen molar-refractivity contribution in [3.63, 3.8) is 0 Å². The van der Waals surface area contributed by atoms with E-state index in [2.05, 4.69) is 52.2 Å². The molecule has 0 fully saturated rings. The number of aromatic nitrogens is 3. The summed E-state index contributed by atoms with van der Waals surface area (Å²) in [6, 6.07) is 14.0. The van der Waals surface area contributed by atoms with E-state index in [1.54, 1.807) is 30.5 Å². The van der Waals surface area contributed by atoms with Gasteiger partial charge >= 0.3 is 0 Å². The highest BCUT2D eigenvalue weighted by Crippen LogP contribution is 2.20. The van der Waals surface area contributed by atoms with Crippen molar-refractivity contribution in [1.29, 1.82) is 0 Å². The zero-order chi connectivity index (χ0) is 54.8. The first-order chi connectivity index (χ1) is 35.7. The van der Waals surface area contributed by atoms with Gasteiger partial charge in [-0.3, -0.25) is 43.2 Å². The van der Waals surface area contributed by atoms with Gasteiger partial charge in [0, 0.05) is 59.5 Å². The minimum Gasteiger partial charge on any atom is -0.370 e. The van der Waals surface area contributed by atoms with Crippen LogP contribution < -0.4 is 54.4 Å². The maximum atomic E-state index is 14.2. The number of nitrogens with two attached hydrogens (primary N) is 3. The lowest BCUT2D eigenvalue weighted by molar-refractivity contribution is -0.133. The average Bonchev–Trinajstić information content (AvgIpc) is 4.04. The summed E-state index contributed by atoms with van der Waals surface area (Å²) < 4.78 is 0. The molecule has 22 nitrogen and oxygen atoms in total. The second-order valence-corrected chi connectivity index (χ2v) is 19.4. The van der Waals surface area contributed by atoms with Gasteiger partial charge in [0.05, 0.1) is 12.4 Å². The van der Waals surface area contributed by atoms with E-state index in [1.165, 1.54) is 43.7 Å². The molecule has 0 saturated carbocycles. The van der Waals surface area contributed by atoms with Crippen LogP contribution in [-0.4, -0.2) is 110 Å². The Hall–Kier alpha value is -8.40. The van der Waals surface area contributed by atoms with Gasteiger partial charge in [0.2, 0.25) is 47.3 Å². The van der Waals surface area contributed by atoms with Gasteiger partial charge in [0.1, 0.15) is 36.3 Å². The molecule has 9 amide bonds. The maximum absolute atomic E-state index is 14.2. The molecular formula is C53H69N13O9. The number of hydrogen-bond acceptors (Lipinski definition) is 11. The number of rotatable bonds is 28. The van der Waals surface area contributed by atoms with Crippen LogP contribution in [-0.2, 0) is 57.6 Å². The first-order valence-electron chi connectivity index (χ1n) is 24.8. The van der Waals surface area contributed by atoms with Crippen molar-refractivity contribution >= 4 is 69.8 Å². The molecule has 0 saturated heterocycles. The van der Waals surface area contributed by atoms with Gasteiger partial charge in [0.15, 0.2) is 0 Å². The Balaban J connectivity index is 1.29. The average molecular weight is 1030 g/mol. The molecule has 75 heavy (non-hydrogen) atoms. The minimum absolute atomic E-state index is 0.0364. The number of H-pyrrole nitrogens is 2. The smallest absolute Gasteiger partial charge is 0.252 e. The zero-order valence-corrected chi connectivity index (χ0v) is 42.7. The molecule has 0 radical (unpaired) electrons. The number of benzene rings is 3. The van der Waals surface area contributed by atoms with Gasteiger partial charge in [-0.1, -0.05) is 82.3 Å². The fourth-order valence-corrected chi connectivity index (χ4v) is 8.20. The van der Waals surface area contributed by atoms with Crippen molar-refractivity contribution in [3.05, 3.63) is 120 Å². The molecule has 15 N–H and O–H groups in total. The zero-order valence-electron chi connectivity index (χ0n) is 42.7. The van der Waals surface area contributed by atoms with Crippen LogP contribution in [0.2, 0.25) is 0 Å². The minimum atomic E-state index is -1.32. The van der Waals surface area contributed by atoms with E-state index in [0.29, 0.717) is 17.7 Å².